The van der Waals surface area contributed by atoms with Crippen LogP contribution in [0.4, 0.5) is 5.69 Å². The van der Waals surface area contributed by atoms with Gasteiger partial charge in [0, 0.05) is 31.9 Å². The molecule has 0 spiro atoms. The lowest BCUT2D eigenvalue weighted by atomic mass is 10.2. The lowest BCUT2D eigenvalue weighted by molar-refractivity contribution is -0.132. The summed E-state index contributed by atoms with van der Waals surface area (Å²) in [4.78, 5) is 16.5. The molecule has 0 radical (unpaired) electrons. The van der Waals surface area contributed by atoms with Crippen molar-refractivity contribution in [3.63, 3.8) is 0 Å². The summed E-state index contributed by atoms with van der Waals surface area (Å²) in [7, 11) is 0. The first kappa shape index (κ1) is 17.1. The lowest BCUT2D eigenvalue weighted by Crippen LogP contribution is -2.49. The van der Waals surface area contributed by atoms with Crippen LogP contribution in [-0.4, -0.2) is 48.7 Å². The van der Waals surface area contributed by atoms with E-state index in [9.17, 15) is 9.90 Å². The molecule has 5 heteroatoms. The van der Waals surface area contributed by atoms with Crippen molar-refractivity contribution in [3.8, 4) is 11.5 Å². The third-order valence-electron chi connectivity index (χ3n) is 4.45. The summed E-state index contributed by atoms with van der Waals surface area (Å²) in [6.07, 6.45) is 0.366. The van der Waals surface area contributed by atoms with Gasteiger partial charge in [-0.05, 0) is 43.3 Å². The normalized spacial score (nSPS) is 14.4. The van der Waals surface area contributed by atoms with Crippen molar-refractivity contribution in [1.82, 2.24) is 4.90 Å². The van der Waals surface area contributed by atoms with Gasteiger partial charge in [-0.15, -0.1) is 0 Å². The van der Waals surface area contributed by atoms with Gasteiger partial charge in [-0.1, -0.05) is 17.7 Å². The number of aryl methyl sites for hydroxylation is 1. The molecule has 1 aliphatic heterocycles. The predicted octanol–water partition coefficient (Wildman–Crippen LogP) is 2.82. The number of benzene rings is 2. The molecule has 1 amide bonds. The van der Waals surface area contributed by atoms with Crippen LogP contribution in [0.3, 0.4) is 0 Å². The summed E-state index contributed by atoms with van der Waals surface area (Å²) >= 11 is 0. The standard InChI is InChI=1S/C20H24N2O3/c1-16-2-4-17(5-3-16)21-11-13-22(14-12-21)20(24)10-15-25-19-8-6-18(23)7-9-19/h2-9,23H,10-15H2,1H3. The Morgan fingerprint density at radius 2 is 1.64 bits per heavy atom. The molecule has 25 heavy (non-hydrogen) atoms. The van der Waals surface area contributed by atoms with Crippen LogP contribution >= 0.6 is 0 Å². The van der Waals surface area contributed by atoms with E-state index in [4.69, 9.17) is 4.74 Å². The molecule has 0 aromatic heterocycles. The van der Waals surface area contributed by atoms with Crippen LogP contribution in [0.1, 0.15) is 12.0 Å². The second-order valence-electron chi connectivity index (χ2n) is 6.30. The van der Waals surface area contributed by atoms with Crippen molar-refractivity contribution in [3.05, 3.63) is 54.1 Å². The highest BCUT2D eigenvalue weighted by Gasteiger charge is 2.21. The van der Waals surface area contributed by atoms with Crippen molar-refractivity contribution in [1.29, 1.82) is 0 Å². The Morgan fingerprint density at radius 3 is 2.28 bits per heavy atom. The van der Waals surface area contributed by atoms with Crippen LogP contribution < -0.4 is 9.64 Å². The molecule has 1 saturated heterocycles. The van der Waals surface area contributed by atoms with Gasteiger partial charge in [-0.25, -0.2) is 0 Å². The van der Waals surface area contributed by atoms with E-state index in [2.05, 4.69) is 36.1 Å². The molecule has 5 nitrogen and oxygen atoms in total. The second kappa shape index (κ2) is 7.92. The number of hydrogen-bond acceptors (Lipinski definition) is 4. The summed E-state index contributed by atoms with van der Waals surface area (Å²) in [6.45, 7) is 5.63. The van der Waals surface area contributed by atoms with E-state index in [1.807, 2.05) is 4.90 Å². The van der Waals surface area contributed by atoms with Gasteiger partial charge in [-0.2, -0.15) is 0 Å². The minimum atomic E-state index is 0.127. The molecular weight excluding hydrogens is 316 g/mol. The maximum atomic E-state index is 12.3. The molecule has 3 rings (SSSR count). The summed E-state index contributed by atoms with van der Waals surface area (Å²) in [5.74, 6) is 0.993. The Balaban J connectivity index is 1.42. The zero-order chi connectivity index (χ0) is 17.6. The number of phenolic OH excluding ortho intramolecular Hbond substituents is 1. The van der Waals surface area contributed by atoms with Crippen LogP contribution in [0.2, 0.25) is 0 Å². The van der Waals surface area contributed by atoms with Gasteiger partial charge >= 0.3 is 0 Å². The van der Waals surface area contributed by atoms with Crippen molar-refractivity contribution in [2.75, 3.05) is 37.7 Å². The quantitative estimate of drug-likeness (QED) is 0.909. The Labute approximate surface area is 148 Å². The Morgan fingerprint density at radius 1 is 1.00 bits per heavy atom. The Hall–Kier alpha value is -2.69. The number of ether oxygens (including phenoxy) is 1. The number of amides is 1. The average Bonchev–Trinajstić information content (AvgIpc) is 2.64. The Bertz CT molecular complexity index is 690. The van der Waals surface area contributed by atoms with Gasteiger partial charge in [0.2, 0.25) is 5.91 Å². The van der Waals surface area contributed by atoms with Crippen LogP contribution in [-0.2, 0) is 4.79 Å². The van der Waals surface area contributed by atoms with Crippen LogP contribution in [0.15, 0.2) is 48.5 Å². The number of rotatable bonds is 5. The van der Waals surface area contributed by atoms with Gasteiger partial charge in [0.05, 0.1) is 13.0 Å². The smallest absolute Gasteiger partial charge is 0.226 e. The third-order valence-corrected chi connectivity index (χ3v) is 4.45. The number of piperazine rings is 1. The first-order chi connectivity index (χ1) is 12.1. The van der Waals surface area contributed by atoms with Gasteiger partial charge in [0.25, 0.3) is 0 Å². The van der Waals surface area contributed by atoms with E-state index in [1.54, 1.807) is 24.3 Å². The van der Waals surface area contributed by atoms with Crippen molar-refractivity contribution in [2.24, 2.45) is 0 Å². The lowest BCUT2D eigenvalue weighted by Gasteiger charge is -2.36. The zero-order valence-electron chi connectivity index (χ0n) is 14.5. The molecule has 1 N–H and O–H groups in total. The van der Waals surface area contributed by atoms with E-state index in [-0.39, 0.29) is 11.7 Å². The molecule has 132 valence electrons. The largest absolute Gasteiger partial charge is 0.508 e. The highest BCUT2D eigenvalue weighted by Crippen LogP contribution is 2.18. The van der Waals surface area contributed by atoms with Crippen molar-refractivity contribution in [2.45, 2.75) is 13.3 Å². The van der Waals surface area contributed by atoms with Crippen LogP contribution in [0, 0.1) is 6.92 Å². The molecule has 0 unspecified atom stereocenters. The summed E-state index contributed by atoms with van der Waals surface area (Å²) in [6, 6.07) is 15.0. The molecule has 1 aliphatic rings. The van der Waals surface area contributed by atoms with Gasteiger partial charge in [0.1, 0.15) is 11.5 Å². The predicted molar refractivity (Wildman–Crippen MR) is 98.2 cm³/mol. The molecule has 2 aromatic rings. The maximum Gasteiger partial charge on any atom is 0.226 e. The number of phenols is 1. The molecule has 0 saturated carbocycles. The minimum Gasteiger partial charge on any atom is -0.508 e. The fourth-order valence-electron chi connectivity index (χ4n) is 2.93. The van der Waals surface area contributed by atoms with Crippen molar-refractivity contribution < 1.29 is 14.6 Å². The topological polar surface area (TPSA) is 53.0 Å². The number of nitrogens with zero attached hydrogens (tertiary/aromatic N) is 2. The fraction of sp³-hybridized carbons (Fsp3) is 0.350. The maximum absolute atomic E-state index is 12.3. The van der Waals surface area contributed by atoms with Crippen LogP contribution in [0.25, 0.3) is 0 Å². The number of carbonyl (C=O) groups excluding carboxylic acids is 1. The van der Waals surface area contributed by atoms with Gasteiger partial charge < -0.3 is 19.6 Å². The highest BCUT2D eigenvalue weighted by molar-refractivity contribution is 5.76. The SMILES string of the molecule is Cc1ccc(N2CCN(C(=O)CCOc3ccc(O)cc3)CC2)cc1. The minimum absolute atomic E-state index is 0.127. The monoisotopic (exact) mass is 340 g/mol. The van der Waals surface area contributed by atoms with E-state index < -0.39 is 0 Å². The first-order valence-electron chi connectivity index (χ1n) is 8.63. The summed E-state index contributed by atoms with van der Waals surface area (Å²) in [5.41, 5.74) is 2.47. The molecular formula is C20H24N2O3. The van der Waals surface area contributed by atoms with Gasteiger partial charge in [-0.3, -0.25) is 4.79 Å². The first-order valence-corrected chi connectivity index (χ1v) is 8.63. The van der Waals surface area contributed by atoms with Crippen LogP contribution in [0.5, 0.6) is 11.5 Å². The van der Waals surface area contributed by atoms with Crippen molar-refractivity contribution >= 4 is 11.6 Å². The van der Waals surface area contributed by atoms with Gasteiger partial charge in [0.15, 0.2) is 0 Å². The zero-order valence-corrected chi connectivity index (χ0v) is 14.5. The molecule has 0 bridgehead atoms. The third kappa shape index (κ3) is 4.66. The summed E-state index contributed by atoms with van der Waals surface area (Å²) in [5, 5.41) is 9.24. The number of anilines is 1. The molecule has 2 aromatic carbocycles. The number of aromatic hydroxyl groups is 1. The number of carbonyl (C=O) groups is 1. The summed E-state index contributed by atoms with van der Waals surface area (Å²) < 4.78 is 5.56. The van der Waals surface area contributed by atoms with E-state index >= 15 is 0 Å². The van der Waals surface area contributed by atoms with E-state index in [0.29, 0.717) is 18.8 Å². The fourth-order valence-corrected chi connectivity index (χ4v) is 2.93. The molecule has 0 aliphatic carbocycles. The average molecular weight is 340 g/mol. The molecule has 0 atom stereocenters. The molecule has 1 fully saturated rings. The Kier molecular flexibility index (Phi) is 5.43. The van der Waals surface area contributed by atoms with E-state index in [1.165, 1.54) is 11.3 Å². The second-order valence-corrected chi connectivity index (χ2v) is 6.30. The molecule has 1 heterocycles. The number of hydrogen-bond donors (Lipinski definition) is 1. The highest BCUT2D eigenvalue weighted by atomic mass is 16.5. The van der Waals surface area contributed by atoms with E-state index in [0.717, 1.165) is 26.2 Å².